The lowest BCUT2D eigenvalue weighted by atomic mass is 10.0. The average Bonchev–Trinajstić information content (AvgIpc) is 2.65. The topological polar surface area (TPSA) is 77.8 Å². The van der Waals surface area contributed by atoms with Crippen LogP contribution < -0.4 is 0 Å². The van der Waals surface area contributed by atoms with Crippen LogP contribution in [0.15, 0.2) is 24.3 Å². The molecule has 5 nitrogen and oxygen atoms in total. The van der Waals surface area contributed by atoms with Crippen LogP contribution in [0, 0.1) is 0 Å². The molecule has 3 N–H and O–H groups in total. The van der Waals surface area contributed by atoms with E-state index < -0.39 is 12.9 Å². The second-order valence-corrected chi connectivity index (χ2v) is 11.9. The number of quaternary nitrogens is 1. The smallest absolute Gasteiger partial charge is 0.362 e. The first-order chi connectivity index (χ1) is 14.5. The van der Waals surface area contributed by atoms with Crippen molar-refractivity contribution in [2.45, 2.75) is 109 Å². The van der Waals surface area contributed by atoms with Crippen molar-refractivity contribution in [2.24, 2.45) is 0 Å². The molecule has 0 aliphatic rings. The maximum absolute atomic E-state index is 11.8. The first-order valence-corrected chi connectivity index (χ1v) is 14.0. The number of rotatable bonds is 20. The van der Waals surface area contributed by atoms with Gasteiger partial charge in [0.05, 0.1) is 21.1 Å². The summed E-state index contributed by atoms with van der Waals surface area (Å²) >= 11 is 0. The molecular weight excluding hydrogens is 409 g/mol. The number of likely N-dealkylation sites (N-methyl/N-ethyl adjacent to an activating group) is 1. The third-order valence-electron chi connectivity index (χ3n) is 5.54. The Morgan fingerprint density at radius 1 is 0.710 bits per heavy atom. The van der Waals surface area contributed by atoms with Gasteiger partial charge in [-0.2, -0.15) is 0 Å². The van der Waals surface area contributed by atoms with Crippen LogP contribution in [0.5, 0.6) is 0 Å². The fourth-order valence-electron chi connectivity index (χ4n) is 3.87. The van der Waals surface area contributed by atoms with Gasteiger partial charge in [-0.05, 0) is 44.9 Å². The molecule has 0 fully saturated rings. The Bertz CT molecular complexity index is 536. The fourth-order valence-corrected chi connectivity index (χ4v) is 4.93. The van der Waals surface area contributed by atoms with Gasteiger partial charge in [0.15, 0.2) is 0 Å². The molecule has 6 heteroatoms. The Balaban J connectivity index is 3.64. The van der Waals surface area contributed by atoms with Gasteiger partial charge >= 0.3 is 7.60 Å². The Hall–Kier alpha value is -0.450. The van der Waals surface area contributed by atoms with Gasteiger partial charge in [-0.25, -0.2) is 0 Å². The van der Waals surface area contributed by atoms with E-state index in [9.17, 15) is 19.5 Å². The zero-order valence-corrected chi connectivity index (χ0v) is 21.7. The van der Waals surface area contributed by atoms with E-state index in [1.54, 1.807) is 0 Å². The third kappa shape index (κ3) is 17.7. The van der Waals surface area contributed by atoms with Crippen LogP contribution in [0.1, 0.15) is 103 Å². The molecule has 0 aromatic carbocycles. The molecule has 0 bridgehead atoms. The molecule has 0 aromatic heterocycles. The maximum atomic E-state index is 11.8. The second-order valence-electron chi connectivity index (χ2n) is 9.98. The maximum Gasteiger partial charge on any atom is 0.362 e. The SMILES string of the molecule is CC/C=C\CC/C=C\CCCCCCCCCCCCC(O)(C[N+](C)(C)C)P(=O)(O)O. The molecule has 0 amide bonds. The normalized spacial score (nSPS) is 15.2. The van der Waals surface area contributed by atoms with Crippen molar-refractivity contribution in [1.82, 2.24) is 0 Å². The van der Waals surface area contributed by atoms with Crippen LogP contribution in [0.2, 0.25) is 0 Å². The van der Waals surface area contributed by atoms with Crippen LogP contribution in [0.4, 0.5) is 0 Å². The third-order valence-corrected chi connectivity index (χ3v) is 6.99. The van der Waals surface area contributed by atoms with Crippen molar-refractivity contribution in [3.05, 3.63) is 24.3 Å². The molecule has 0 aliphatic heterocycles. The van der Waals surface area contributed by atoms with E-state index >= 15 is 0 Å². The van der Waals surface area contributed by atoms with Gasteiger partial charge in [0.25, 0.3) is 0 Å². The highest BCUT2D eigenvalue weighted by molar-refractivity contribution is 7.53. The molecule has 184 valence electrons. The number of hydrogen-bond acceptors (Lipinski definition) is 2. The van der Waals surface area contributed by atoms with Gasteiger partial charge in [0.2, 0.25) is 5.34 Å². The van der Waals surface area contributed by atoms with E-state index in [1.807, 2.05) is 21.1 Å². The van der Waals surface area contributed by atoms with Crippen LogP contribution in [0.3, 0.4) is 0 Å². The lowest BCUT2D eigenvalue weighted by Gasteiger charge is -2.35. The highest BCUT2D eigenvalue weighted by Gasteiger charge is 2.48. The Morgan fingerprint density at radius 2 is 1.13 bits per heavy atom. The molecule has 31 heavy (non-hydrogen) atoms. The van der Waals surface area contributed by atoms with Gasteiger partial charge in [-0.3, -0.25) is 4.57 Å². The summed E-state index contributed by atoms with van der Waals surface area (Å²) < 4.78 is 12.1. The first-order valence-electron chi connectivity index (χ1n) is 12.4. The summed E-state index contributed by atoms with van der Waals surface area (Å²) in [6.07, 6.45) is 25.5. The Morgan fingerprint density at radius 3 is 1.58 bits per heavy atom. The summed E-state index contributed by atoms with van der Waals surface area (Å²) in [4.78, 5) is 19.2. The minimum Gasteiger partial charge on any atom is -0.373 e. The molecule has 0 saturated heterocycles. The van der Waals surface area contributed by atoms with E-state index in [1.165, 1.54) is 51.4 Å². The zero-order chi connectivity index (χ0) is 23.6. The predicted molar refractivity (Wildman–Crippen MR) is 133 cm³/mol. The summed E-state index contributed by atoms with van der Waals surface area (Å²) in [6.45, 7) is 2.23. The van der Waals surface area contributed by atoms with Crippen molar-refractivity contribution in [3.63, 3.8) is 0 Å². The second kappa shape index (κ2) is 17.1. The molecule has 1 unspecified atom stereocenters. The van der Waals surface area contributed by atoms with Crippen LogP contribution in [-0.4, -0.2) is 52.4 Å². The average molecular weight is 461 g/mol. The molecule has 0 spiro atoms. The minimum atomic E-state index is -4.54. The Kier molecular flexibility index (Phi) is 16.8. The summed E-state index contributed by atoms with van der Waals surface area (Å²) in [5.74, 6) is 0. The van der Waals surface area contributed by atoms with Crippen LogP contribution in [0.25, 0.3) is 0 Å². The highest BCUT2D eigenvalue weighted by Crippen LogP contribution is 2.52. The standard InChI is InChI=1S/C25H50NO4P/c1-5-6-7-8-9-10-11-12-13-14-15-16-17-18-19-20-21-22-23-25(27,31(28,29)30)24-26(2,3)4/h6-7,10-11,27H,5,8-9,12-24H2,1-4H3,(H-,28,29,30)/p+1/b7-6-,11-10-. The lowest BCUT2D eigenvalue weighted by molar-refractivity contribution is -0.875. The number of aliphatic hydroxyl groups is 1. The molecular formula is C25H51NO4P+. The van der Waals surface area contributed by atoms with Gasteiger partial charge in [0.1, 0.15) is 6.54 Å². The van der Waals surface area contributed by atoms with Gasteiger partial charge in [-0.1, -0.05) is 82.6 Å². The van der Waals surface area contributed by atoms with Crippen molar-refractivity contribution < 1.29 is 23.9 Å². The summed E-state index contributed by atoms with van der Waals surface area (Å²) in [5, 5.41) is 8.62. The summed E-state index contributed by atoms with van der Waals surface area (Å²) in [7, 11) is 0.970. The fraction of sp³-hybridized carbons (Fsp3) is 0.840. The quantitative estimate of drug-likeness (QED) is 0.0834. The van der Waals surface area contributed by atoms with E-state index in [0.29, 0.717) is 10.9 Å². The van der Waals surface area contributed by atoms with Crippen molar-refractivity contribution >= 4 is 7.60 Å². The van der Waals surface area contributed by atoms with Crippen molar-refractivity contribution in [1.29, 1.82) is 0 Å². The molecule has 0 heterocycles. The number of allylic oxidation sites excluding steroid dienone is 4. The molecule has 0 aromatic rings. The number of unbranched alkanes of at least 4 members (excludes halogenated alkanes) is 11. The van der Waals surface area contributed by atoms with Gasteiger partial charge < -0.3 is 19.4 Å². The van der Waals surface area contributed by atoms with E-state index in [-0.39, 0.29) is 13.0 Å². The number of nitrogens with zero attached hydrogens (tertiary/aromatic N) is 1. The van der Waals surface area contributed by atoms with Gasteiger partial charge in [0, 0.05) is 0 Å². The van der Waals surface area contributed by atoms with E-state index in [4.69, 9.17) is 0 Å². The predicted octanol–water partition coefficient (Wildman–Crippen LogP) is 6.54. The monoisotopic (exact) mass is 460 g/mol. The molecule has 0 aliphatic carbocycles. The Labute approximate surface area is 192 Å². The summed E-state index contributed by atoms with van der Waals surface area (Å²) in [5.41, 5.74) is 0. The van der Waals surface area contributed by atoms with E-state index in [2.05, 4.69) is 31.2 Å². The van der Waals surface area contributed by atoms with Crippen molar-refractivity contribution in [2.75, 3.05) is 27.7 Å². The summed E-state index contributed by atoms with van der Waals surface area (Å²) in [6, 6.07) is 0. The molecule has 0 saturated carbocycles. The lowest BCUT2D eigenvalue weighted by Crippen LogP contribution is -2.49. The largest absolute Gasteiger partial charge is 0.373 e. The number of hydrogen-bond donors (Lipinski definition) is 3. The highest BCUT2D eigenvalue weighted by atomic mass is 31.2. The van der Waals surface area contributed by atoms with Crippen LogP contribution in [-0.2, 0) is 4.57 Å². The van der Waals surface area contributed by atoms with Crippen LogP contribution >= 0.6 is 7.60 Å². The first kappa shape index (κ1) is 30.6. The molecule has 0 rings (SSSR count). The van der Waals surface area contributed by atoms with Gasteiger partial charge in [-0.15, -0.1) is 0 Å². The van der Waals surface area contributed by atoms with Crippen molar-refractivity contribution in [3.8, 4) is 0 Å². The molecule has 1 atom stereocenters. The zero-order valence-electron chi connectivity index (χ0n) is 20.8. The van der Waals surface area contributed by atoms with E-state index in [0.717, 1.165) is 32.1 Å². The molecule has 0 radical (unpaired) electrons. The minimum absolute atomic E-state index is 0.0589.